The second-order valence-corrected chi connectivity index (χ2v) is 6.87. The first-order chi connectivity index (χ1) is 11.0. The van der Waals surface area contributed by atoms with Gasteiger partial charge in [0.25, 0.3) is 0 Å². The highest BCUT2D eigenvalue weighted by Crippen LogP contribution is 2.40. The standard InChI is InChI=1S/C17H22ClN3O2/c1-2-8-20-9-6-17(15(20)22)7-10-21(12-17)16(23)19-14-5-3-4-13(18)11-14/h3-5,11H,2,6-10,12H2,1H3,(H,19,23). The van der Waals surface area contributed by atoms with Crippen LogP contribution < -0.4 is 5.32 Å². The van der Waals surface area contributed by atoms with E-state index in [-0.39, 0.29) is 17.4 Å². The first kappa shape index (κ1) is 16.1. The average molecular weight is 336 g/mol. The van der Waals surface area contributed by atoms with Gasteiger partial charge in [-0.25, -0.2) is 4.79 Å². The molecule has 5 nitrogen and oxygen atoms in total. The van der Waals surface area contributed by atoms with Gasteiger partial charge in [-0.1, -0.05) is 24.6 Å². The predicted molar refractivity (Wildman–Crippen MR) is 90.6 cm³/mol. The summed E-state index contributed by atoms with van der Waals surface area (Å²) in [5.74, 6) is 0.220. The van der Waals surface area contributed by atoms with Gasteiger partial charge in [-0.3, -0.25) is 4.79 Å². The maximum absolute atomic E-state index is 12.6. The molecule has 1 aromatic rings. The summed E-state index contributed by atoms with van der Waals surface area (Å²) in [5.41, 5.74) is 0.315. The molecule has 0 aliphatic carbocycles. The fourth-order valence-electron chi connectivity index (χ4n) is 3.57. The van der Waals surface area contributed by atoms with E-state index in [0.29, 0.717) is 23.8 Å². The number of carbonyl (C=O) groups excluding carboxylic acids is 2. The molecule has 1 unspecified atom stereocenters. The molecule has 2 fully saturated rings. The van der Waals surface area contributed by atoms with Gasteiger partial charge in [0.15, 0.2) is 0 Å². The van der Waals surface area contributed by atoms with Crippen molar-refractivity contribution in [3.63, 3.8) is 0 Å². The molecular formula is C17H22ClN3O2. The number of carbonyl (C=O) groups is 2. The number of hydrogen-bond donors (Lipinski definition) is 1. The number of anilines is 1. The van der Waals surface area contributed by atoms with E-state index in [1.807, 2.05) is 4.90 Å². The summed E-state index contributed by atoms with van der Waals surface area (Å²) >= 11 is 5.94. The van der Waals surface area contributed by atoms with Crippen LogP contribution >= 0.6 is 11.6 Å². The van der Waals surface area contributed by atoms with Crippen molar-refractivity contribution in [2.24, 2.45) is 5.41 Å². The van der Waals surface area contributed by atoms with E-state index in [1.54, 1.807) is 29.2 Å². The molecule has 1 spiro atoms. The summed E-state index contributed by atoms with van der Waals surface area (Å²) in [6.07, 6.45) is 2.59. The highest BCUT2D eigenvalue weighted by molar-refractivity contribution is 6.30. The number of amides is 3. The van der Waals surface area contributed by atoms with Crippen LogP contribution in [0.5, 0.6) is 0 Å². The van der Waals surface area contributed by atoms with Crippen LogP contribution in [-0.4, -0.2) is 47.9 Å². The van der Waals surface area contributed by atoms with Crippen LogP contribution in [0.4, 0.5) is 10.5 Å². The summed E-state index contributed by atoms with van der Waals surface area (Å²) in [6, 6.07) is 6.92. The number of benzene rings is 1. The normalized spacial score (nSPS) is 23.8. The van der Waals surface area contributed by atoms with Gasteiger partial charge < -0.3 is 15.1 Å². The van der Waals surface area contributed by atoms with Gasteiger partial charge in [0.1, 0.15) is 0 Å². The van der Waals surface area contributed by atoms with E-state index in [1.165, 1.54) is 0 Å². The van der Waals surface area contributed by atoms with Crippen molar-refractivity contribution >= 4 is 29.2 Å². The summed E-state index contributed by atoms with van der Waals surface area (Å²) < 4.78 is 0. The lowest BCUT2D eigenvalue weighted by atomic mass is 9.85. The average Bonchev–Trinajstić information content (AvgIpc) is 3.08. The minimum absolute atomic E-state index is 0.161. The van der Waals surface area contributed by atoms with Crippen LogP contribution in [0.3, 0.4) is 0 Å². The Morgan fingerprint density at radius 1 is 1.35 bits per heavy atom. The topological polar surface area (TPSA) is 52.6 Å². The maximum atomic E-state index is 12.6. The lowest BCUT2D eigenvalue weighted by molar-refractivity contribution is -0.135. The predicted octanol–water partition coefficient (Wildman–Crippen LogP) is 3.21. The number of urea groups is 1. The zero-order chi connectivity index (χ0) is 16.4. The quantitative estimate of drug-likeness (QED) is 0.922. The Morgan fingerprint density at radius 2 is 2.13 bits per heavy atom. The maximum Gasteiger partial charge on any atom is 0.321 e. The molecule has 2 heterocycles. The fourth-order valence-corrected chi connectivity index (χ4v) is 3.76. The molecule has 124 valence electrons. The summed E-state index contributed by atoms with van der Waals surface area (Å²) in [5, 5.41) is 3.44. The van der Waals surface area contributed by atoms with Gasteiger partial charge in [0, 0.05) is 36.9 Å². The van der Waals surface area contributed by atoms with Gasteiger partial charge in [-0.15, -0.1) is 0 Å². The molecule has 3 amide bonds. The molecule has 0 aromatic heterocycles. The third-order valence-electron chi connectivity index (χ3n) is 4.81. The second-order valence-electron chi connectivity index (χ2n) is 6.43. The molecular weight excluding hydrogens is 314 g/mol. The minimum Gasteiger partial charge on any atom is -0.342 e. The zero-order valence-electron chi connectivity index (χ0n) is 13.3. The number of rotatable bonds is 3. The molecule has 2 aliphatic heterocycles. The Labute approximate surface area is 141 Å². The third kappa shape index (κ3) is 3.15. The Balaban J connectivity index is 1.63. The molecule has 6 heteroatoms. The summed E-state index contributed by atoms with van der Waals surface area (Å²) in [6.45, 7) is 4.85. The van der Waals surface area contributed by atoms with Crippen LogP contribution in [0.2, 0.25) is 5.02 Å². The minimum atomic E-state index is -0.360. The van der Waals surface area contributed by atoms with E-state index in [0.717, 1.165) is 32.4 Å². The van der Waals surface area contributed by atoms with Crippen LogP contribution in [0, 0.1) is 5.41 Å². The smallest absolute Gasteiger partial charge is 0.321 e. The van der Waals surface area contributed by atoms with Crippen LogP contribution in [0.25, 0.3) is 0 Å². The van der Waals surface area contributed by atoms with E-state index >= 15 is 0 Å². The van der Waals surface area contributed by atoms with Gasteiger partial charge in [-0.2, -0.15) is 0 Å². The Bertz CT molecular complexity index is 622. The SMILES string of the molecule is CCCN1CCC2(CCN(C(=O)Nc3cccc(Cl)c3)C2)C1=O. The molecule has 23 heavy (non-hydrogen) atoms. The molecule has 2 saturated heterocycles. The fraction of sp³-hybridized carbons (Fsp3) is 0.529. The van der Waals surface area contributed by atoms with Crippen molar-refractivity contribution in [2.75, 3.05) is 31.5 Å². The van der Waals surface area contributed by atoms with Crippen LogP contribution in [0.1, 0.15) is 26.2 Å². The Hall–Kier alpha value is -1.75. The van der Waals surface area contributed by atoms with Crippen molar-refractivity contribution in [1.82, 2.24) is 9.80 Å². The molecule has 1 N–H and O–H groups in total. The lowest BCUT2D eigenvalue weighted by Gasteiger charge is -2.23. The lowest BCUT2D eigenvalue weighted by Crippen LogP contribution is -2.39. The van der Waals surface area contributed by atoms with Crippen molar-refractivity contribution in [1.29, 1.82) is 0 Å². The van der Waals surface area contributed by atoms with E-state index in [2.05, 4.69) is 12.2 Å². The molecule has 0 radical (unpaired) electrons. The van der Waals surface area contributed by atoms with Crippen LogP contribution in [0.15, 0.2) is 24.3 Å². The number of hydrogen-bond acceptors (Lipinski definition) is 2. The highest BCUT2D eigenvalue weighted by Gasteiger charge is 2.51. The monoisotopic (exact) mass is 335 g/mol. The molecule has 1 aromatic carbocycles. The second kappa shape index (κ2) is 6.40. The number of nitrogens with zero attached hydrogens (tertiary/aromatic N) is 2. The van der Waals surface area contributed by atoms with E-state index < -0.39 is 0 Å². The molecule has 0 saturated carbocycles. The zero-order valence-corrected chi connectivity index (χ0v) is 14.1. The van der Waals surface area contributed by atoms with Crippen molar-refractivity contribution < 1.29 is 9.59 Å². The molecule has 3 rings (SSSR count). The Kier molecular flexibility index (Phi) is 4.48. The number of halogens is 1. The van der Waals surface area contributed by atoms with Crippen LogP contribution in [-0.2, 0) is 4.79 Å². The third-order valence-corrected chi connectivity index (χ3v) is 5.05. The number of nitrogens with one attached hydrogen (secondary N) is 1. The van der Waals surface area contributed by atoms with Gasteiger partial charge in [0.05, 0.1) is 5.41 Å². The first-order valence-electron chi connectivity index (χ1n) is 8.15. The van der Waals surface area contributed by atoms with Gasteiger partial charge in [-0.05, 0) is 37.5 Å². The molecule has 2 aliphatic rings. The van der Waals surface area contributed by atoms with Gasteiger partial charge >= 0.3 is 6.03 Å². The van der Waals surface area contributed by atoms with Gasteiger partial charge in [0.2, 0.25) is 5.91 Å². The largest absolute Gasteiger partial charge is 0.342 e. The highest BCUT2D eigenvalue weighted by atomic mass is 35.5. The van der Waals surface area contributed by atoms with Crippen molar-refractivity contribution in [3.05, 3.63) is 29.3 Å². The van der Waals surface area contributed by atoms with E-state index in [9.17, 15) is 9.59 Å². The molecule has 0 bridgehead atoms. The molecule has 1 atom stereocenters. The first-order valence-corrected chi connectivity index (χ1v) is 8.53. The van der Waals surface area contributed by atoms with Crippen molar-refractivity contribution in [2.45, 2.75) is 26.2 Å². The van der Waals surface area contributed by atoms with Crippen molar-refractivity contribution in [3.8, 4) is 0 Å². The summed E-state index contributed by atoms with van der Waals surface area (Å²) in [4.78, 5) is 28.8. The number of likely N-dealkylation sites (tertiary alicyclic amines) is 2. The Morgan fingerprint density at radius 3 is 2.87 bits per heavy atom. The summed E-state index contributed by atoms with van der Waals surface area (Å²) in [7, 11) is 0. The van der Waals surface area contributed by atoms with E-state index in [4.69, 9.17) is 11.6 Å².